The predicted molar refractivity (Wildman–Crippen MR) is 93.5 cm³/mol. The maximum absolute atomic E-state index is 12.6. The smallest absolute Gasteiger partial charge is 0.306 e. The third kappa shape index (κ3) is 3.79. The van der Waals surface area contributed by atoms with Crippen molar-refractivity contribution in [1.82, 2.24) is 16.2 Å². The summed E-state index contributed by atoms with van der Waals surface area (Å²) < 4.78 is 0. The zero-order valence-corrected chi connectivity index (χ0v) is 14.8. The molecule has 4 N–H and O–H groups in total. The second-order valence-electron chi connectivity index (χ2n) is 6.49. The molecule has 2 aliphatic rings. The van der Waals surface area contributed by atoms with Crippen molar-refractivity contribution in [3.8, 4) is 0 Å². The number of carboxylic acid groups (broad SMARTS) is 1. The molecule has 1 aliphatic heterocycles. The summed E-state index contributed by atoms with van der Waals surface area (Å²) >= 11 is 3.64. The summed E-state index contributed by atoms with van der Waals surface area (Å²) in [6.45, 7) is 0. The SMILES string of the molecule is O=C(O)C1CCC(NC(=O)C2NNC(c3ccccc3)C2Br)CC1. The first-order valence-corrected chi connectivity index (χ1v) is 9.21. The van der Waals surface area contributed by atoms with E-state index in [1.54, 1.807) is 0 Å². The molecule has 130 valence electrons. The highest BCUT2D eigenvalue weighted by Crippen LogP contribution is 2.29. The number of alkyl halides is 1. The van der Waals surface area contributed by atoms with Gasteiger partial charge in [-0.25, -0.2) is 10.9 Å². The van der Waals surface area contributed by atoms with E-state index in [1.165, 1.54) is 0 Å². The van der Waals surface area contributed by atoms with Crippen LogP contribution in [0.1, 0.15) is 37.3 Å². The summed E-state index contributed by atoms with van der Waals surface area (Å²) in [5.41, 5.74) is 7.36. The van der Waals surface area contributed by atoms with E-state index in [9.17, 15) is 9.59 Å². The molecule has 24 heavy (non-hydrogen) atoms. The van der Waals surface area contributed by atoms with Crippen LogP contribution in [0.15, 0.2) is 30.3 Å². The Balaban J connectivity index is 1.54. The Labute approximate surface area is 149 Å². The monoisotopic (exact) mass is 395 g/mol. The van der Waals surface area contributed by atoms with Crippen molar-refractivity contribution in [2.45, 2.75) is 48.6 Å². The summed E-state index contributed by atoms with van der Waals surface area (Å²) in [4.78, 5) is 23.5. The second kappa shape index (κ2) is 7.63. The van der Waals surface area contributed by atoms with E-state index in [2.05, 4.69) is 32.1 Å². The molecule has 2 fully saturated rings. The van der Waals surface area contributed by atoms with Gasteiger partial charge in [-0.2, -0.15) is 0 Å². The van der Waals surface area contributed by atoms with Gasteiger partial charge >= 0.3 is 5.97 Å². The fourth-order valence-electron chi connectivity index (χ4n) is 3.44. The van der Waals surface area contributed by atoms with Gasteiger partial charge in [-0.1, -0.05) is 46.3 Å². The van der Waals surface area contributed by atoms with Gasteiger partial charge in [0.1, 0.15) is 6.04 Å². The van der Waals surface area contributed by atoms with E-state index in [-0.39, 0.29) is 34.8 Å². The van der Waals surface area contributed by atoms with E-state index >= 15 is 0 Å². The molecule has 0 aromatic heterocycles. The van der Waals surface area contributed by atoms with Crippen molar-refractivity contribution in [1.29, 1.82) is 0 Å². The summed E-state index contributed by atoms with van der Waals surface area (Å²) in [5.74, 6) is -1.05. The standard InChI is InChI=1S/C17H22BrN3O3/c18-13-14(10-4-2-1-3-5-10)20-21-15(13)16(22)19-12-8-6-11(7-9-12)17(23)24/h1-5,11-15,20-21H,6-9H2,(H,19,22)(H,23,24). The Hall–Kier alpha value is -1.44. The number of rotatable bonds is 4. The minimum absolute atomic E-state index is 0.0182. The van der Waals surface area contributed by atoms with Crippen LogP contribution in [0.5, 0.6) is 0 Å². The lowest BCUT2D eigenvalue weighted by atomic mass is 9.86. The van der Waals surface area contributed by atoms with E-state index in [4.69, 9.17) is 5.11 Å². The number of aliphatic carboxylic acids is 1. The number of halogens is 1. The number of carbonyl (C=O) groups excluding carboxylic acids is 1. The summed E-state index contributed by atoms with van der Waals surface area (Å²) in [7, 11) is 0. The lowest BCUT2D eigenvalue weighted by Gasteiger charge is -2.28. The number of amides is 1. The van der Waals surface area contributed by atoms with Gasteiger partial charge in [-0.05, 0) is 31.2 Å². The van der Waals surface area contributed by atoms with Gasteiger partial charge in [-0.3, -0.25) is 9.59 Å². The van der Waals surface area contributed by atoms with Gasteiger partial charge in [-0.15, -0.1) is 0 Å². The molecule has 7 heteroatoms. The number of hydrogen-bond donors (Lipinski definition) is 4. The molecule has 1 aliphatic carbocycles. The Morgan fingerprint density at radius 3 is 2.38 bits per heavy atom. The average molecular weight is 396 g/mol. The predicted octanol–water partition coefficient (Wildman–Crippen LogP) is 1.73. The van der Waals surface area contributed by atoms with Crippen molar-refractivity contribution in [3.63, 3.8) is 0 Å². The molecule has 1 heterocycles. The normalized spacial score (nSPS) is 33.1. The summed E-state index contributed by atoms with van der Waals surface area (Å²) in [6.07, 6.45) is 2.69. The van der Waals surface area contributed by atoms with E-state index in [1.807, 2.05) is 30.3 Å². The number of carboxylic acids is 1. The molecule has 1 aromatic rings. The van der Waals surface area contributed by atoms with Crippen molar-refractivity contribution >= 4 is 27.8 Å². The molecule has 1 aromatic carbocycles. The molecule has 3 unspecified atom stereocenters. The third-order valence-electron chi connectivity index (χ3n) is 4.90. The fraction of sp³-hybridized carbons (Fsp3) is 0.529. The van der Waals surface area contributed by atoms with Crippen molar-refractivity contribution in [2.24, 2.45) is 5.92 Å². The highest BCUT2D eigenvalue weighted by atomic mass is 79.9. The van der Waals surface area contributed by atoms with Crippen LogP contribution < -0.4 is 16.2 Å². The van der Waals surface area contributed by atoms with Crippen molar-refractivity contribution < 1.29 is 14.7 Å². The lowest BCUT2D eigenvalue weighted by Crippen LogP contribution is -2.50. The largest absolute Gasteiger partial charge is 0.481 e. The van der Waals surface area contributed by atoms with Crippen molar-refractivity contribution in [3.05, 3.63) is 35.9 Å². The minimum atomic E-state index is -0.729. The fourth-order valence-corrected chi connectivity index (χ4v) is 4.25. The first-order valence-electron chi connectivity index (χ1n) is 8.29. The van der Waals surface area contributed by atoms with Crippen LogP contribution in [0, 0.1) is 5.92 Å². The Morgan fingerprint density at radius 1 is 1.08 bits per heavy atom. The first kappa shape index (κ1) is 17.4. The molecule has 1 saturated carbocycles. The van der Waals surface area contributed by atoms with Crippen LogP contribution in [0.3, 0.4) is 0 Å². The summed E-state index contributed by atoms with van der Waals surface area (Å²) in [5, 5.41) is 12.1. The van der Waals surface area contributed by atoms with Crippen LogP contribution in [0.25, 0.3) is 0 Å². The average Bonchev–Trinajstić information content (AvgIpc) is 2.98. The first-order chi connectivity index (χ1) is 11.6. The molecule has 0 bridgehead atoms. The Morgan fingerprint density at radius 2 is 1.75 bits per heavy atom. The summed E-state index contributed by atoms with van der Waals surface area (Å²) in [6, 6.07) is 9.69. The number of hydrazine groups is 1. The molecule has 1 saturated heterocycles. The Kier molecular flexibility index (Phi) is 5.53. The number of benzene rings is 1. The molecule has 3 atom stereocenters. The van der Waals surface area contributed by atoms with Crippen molar-refractivity contribution in [2.75, 3.05) is 0 Å². The van der Waals surface area contributed by atoms with Crippen LogP contribution in [-0.4, -0.2) is 33.9 Å². The van der Waals surface area contributed by atoms with Gasteiger partial charge in [0, 0.05) is 6.04 Å². The van der Waals surface area contributed by atoms with Crippen LogP contribution >= 0.6 is 15.9 Å². The molecular weight excluding hydrogens is 374 g/mol. The quantitative estimate of drug-likeness (QED) is 0.582. The topological polar surface area (TPSA) is 90.5 Å². The van der Waals surface area contributed by atoms with E-state index < -0.39 is 5.97 Å². The molecule has 1 amide bonds. The minimum Gasteiger partial charge on any atom is -0.481 e. The third-order valence-corrected chi connectivity index (χ3v) is 5.95. The van der Waals surface area contributed by atoms with Gasteiger partial charge in [0.25, 0.3) is 0 Å². The van der Waals surface area contributed by atoms with Crippen LogP contribution in [0.4, 0.5) is 0 Å². The van der Waals surface area contributed by atoms with Crippen LogP contribution in [-0.2, 0) is 9.59 Å². The highest BCUT2D eigenvalue weighted by molar-refractivity contribution is 9.09. The molecule has 0 spiro atoms. The lowest BCUT2D eigenvalue weighted by molar-refractivity contribution is -0.142. The van der Waals surface area contributed by atoms with Gasteiger partial charge < -0.3 is 10.4 Å². The maximum atomic E-state index is 12.6. The second-order valence-corrected chi connectivity index (χ2v) is 7.55. The number of hydrogen-bond acceptors (Lipinski definition) is 4. The van der Waals surface area contributed by atoms with Gasteiger partial charge in [0.2, 0.25) is 5.91 Å². The van der Waals surface area contributed by atoms with E-state index in [0.717, 1.165) is 18.4 Å². The zero-order valence-electron chi connectivity index (χ0n) is 13.2. The Bertz CT molecular complexity index is 590. The maximum Gasteiger partial charge on any atom is 0.306 e. The highest BCUT2D eigenvalue weighted by Gasteiger charge is 2.40. The zero-order chi connectivity index (χ0) is 17.1. The number of carbonyl (C=O) groups is 2. The molecule has 0 radical (unpaired) electrons. The van der Waals surface area contributed by atoms with Gasteiger partial charge in [0.15, 0.2) is 0 Å². The van der Waals surface area contributed by atoms with Gasteiger partial charge in [0.05, 0.1) is 16.8 Å². The van der Waals surface area contributed by atoms with E-state index in [0.29, 0.717) is 12.8 Å². The molecule has 3 rings (SSSR count). The van der Waals surface area contributed by atoms with Crippen LogP contribution in [0.2, 0.25) is 0 Å². The molecule has 6 nitrogen and oxygen atoms in total. The molecular formula is C17H22BrN3O3. The number of nitrogens with one attached hydrogen (secondary N) is 3.